The Hall–Kier alpha value is -0.990. The van der Waals surface area contributed by atoms with Crippen LogP contribution in [0.15, 0.2) is 12.3 Å². The number of nitrogens with zero attached hydrogens (tertiary/aromatic N) is 2. The van der Waals surface area contributed by atoms with E-state index in [-0.39, 0.29) is 5.88 Å². The average Bonchev–Trinajstić information content (AvgIpc) is 3.04. The van der Waals surface area contributed by atoms with Crippen LogP contribution < -0.4 is 0 Å². The lowest BCUT2D eigenvalue weighted by molar-refractivity contribution is 0.329. The molecular formula is C10H11N2O. The Bertz CT molecular complexity index is 393. The van der Waals surface area contributed by atoms with Gasteiger partial charge in [-0.1, -0.05) is 0 Å². The van der Waals surface area contributed by atoms with Gasteiger partial charge in [0.05, 0.1) is 6.04 Å². The molecule has 3 heteroatoms. The van der Waals surface area contributed by atoms with Gasteiger partial charge >= 0.3 is 0 Å². The third-order valence-electron chi connectivity index (χ3n) is 4.38. The predicted octanol–water partition coefficient (Wildman–Crippen LogP) is 2.14. The van der Waals surface area contributed by atoms with Gasteiger partial charge in [0.25, 0.3) is 5.88 Å². The molecule has 0 amide bonds. The second kappa shape index (κ2) is 1.51. The SMILES string of the molecule is [O]c1ccn(C2CC23CC32CC2)n1. The second-order valence-electron chi connectivity index (χ2n) is 4.97. The summed E-state index contributed by atoms with van der Waals surface area (Å²) < 4.78 is 1.90. The van der Waals surface area contributed by atoms with Gasteiger partial charge in [0, 0.05) is 17.7 Å². The molecule has 0 N–H and O–H groups in total. The molecule has 4 rings (SSSR count). The van der Waals surface area contributed by atoms with Gasteiger partial charge in [-0.2, -0.15) is 0 Å². The molecule has 2 spiro atoms. The summed E-state index contributed by atoms with van der Waals surface area (Å²) in [6, 6.07) is 2.13. The fraction of sp³-hybridized carbons (Fsp3) is 0.700. The number of fused-ring (bicyclic) bond motifs is 1. The molecule has 0 aliphatic heterocycles. The van der Waals surface area contributed by atoms with Gasteiger partial charge in [0.15, 0.2) is 0 Å². The van der Waals surface area contributed by atoms with E-state index in [1.54, 1.807) is 6.07 Å². The third-order valence-corrected chi connectivity index (χ3v) is 4.38. The van der Waals surface area contributed by atoms with Crippen molar-refractivity contribution in [2.75, 3.05) is 0 Å². The Morgan fingerprint density at radius 3 is 2.92 bits per heavy atom. The fourth-order valence-electron chi connectivity index (χ4n) is 3.27. The van der Waals surface area contributed by atoms with Gasteiger partial charge in [0.1, 0.15) is 0 Å². The fourth-order valence-corrected chi connectivity index (χ4v) is 3.27. The van der Waals surface area contributed by atoms with Crippen LogP contribution in [0, 0.1) is 10.8 Å². The molecule has 0 bridgehead atoms. The Morgan fingerprint density at radius 2 is 2.38 bits per heavy atom. The predicted molar refractivity (Wildman–Crippen MR) is 44.7 cm³/mol. The van der Waals surface area contributed by atoms with E-state index in [1.165, 1.54) is 25.7 Å². The van der Waals surface area contributed by atoms with Crippen molar-refractivity contribution in [2.45, 2.75) is 31.7 Å². The molecule has 1 aromatic heterocycles. The summed E-state index contributed by atoms with van der Waals surface area (Å²) in [6.07, 6.45) is 7.37. The first-order chi connectivity index (χ1) is 6.26. The van der Waals surface area contributed by atoms with Gasteiger partial charge in [-0.15, -0.1) is 5.10 Å². The zero-order chi connectivity index (χ0) is 8.68. The molecule has 0 saturated heterocycles. The van der Waals surface area contributed by atoms with Crippen LogP contribution in [-0.4, -0.2) is 9.78 Å². The molecule has 13 heavy (non-hydrogen) atoms. The summed E-state index contributed by atoms with van der Waals surface area (Å²) in [5.74, 6) is -0.0902. The molecule has 1 heterocycles. The highest BCUT2D eigenvalue weighted by molar-refractivity contribution is 5.34. The quantitative estimate of drug-likeness (QED) is 0.644. The monoisotopic (exact) mass is 175 g/mol. The van der Waals surface area contributed by atoms with Crippen LogP contribution in [0.25, 0.3) is 0 Å². The van der Waals surface area contributed by atoms with Crippen molar-refractivity contribution < 1.29 is 5.11 Å². The number of hydrogen-bond acceptors (Lipinski definition) is 1. The molecule has 2 unspecified atom stereocenters. The standard InChI is InChI=1S/C10H11N2O/c13-8-1-4-12(11-8)7-5-10(7)6-9(10)2-3-9/h1,4,7H,2-3,5-6H2. The van der Waals surface area contributed by atoms with E-state index in [1.807, 2.05) is 10.9 Å². The first-order valence-electron chi connectivity index (χ1n) is 4.98. The van der Waals surface area contributed by atoms with Gasteiger partial charge in [-0.25, -0.2) is 0 Å². The largest absolute Gasteiger partial charge is 0.287 e. The van der Waals surface area contributed by atoms with E-state index < -0.39 is 0 Å². The summed E-state index contributed by atoms with van der Waals surface area (Å²) >= 11 is 0. The topological polar surface area (TPSA) is 37.7 Å². The zero-order valence-electron chi connectivity index (χ0n) is 7.36. The molecule has 0 aromatic carbocycles. The van der Waals surface area contributed by atoms with Gasteiger partial charge in [-0.3, -0.25) is 9.79 Å². The molecule has 1 radical (unpaired) electrons. The van der Waals surface area contributed by atoms with E-state index in [0.717, 1.165) is 5.41 Å². The van der Waals surface area contributed by atoms with Crippen LogP contribution in [0.1, 0.15) is 31.7 Å². The maximum absolute atomic E-state index is 10.9. The number of rotatable bonds is 1. The van der Waals surface area contributed by atoms with Crippen molar-refractivity contribution in [2.24, 2.45) is 10.8 Å². The maximum Gasteiger partial charge on any atom is 0.287 e. The van der Waals surface area contributed by atoms with Crippen molar-refractivity contribution in [3.8, 4) is 5.88 Å². The molecule has 3 aliphatic carbocycles. The van der Waals surface area contributed by atoms with Crippen molar-refractivity contribution in [3.05, 3.63) is 12.3 Å². The summed E-state index contributed by atoms with van der Waals surface area (Å²) in [5.41, 5.74) is 1.33. The second-order valence-corrected chi connectivity index (χ2v) is 4.97. The van der Waals surface area contributed by atoms with Crippen LogP contribution in [-0.2, 0) is 5.11 Å². The van der Waals surface area contributed by atoms with Crippen molar-refractivity contribution in [1.29, 1.82) is 0 Å². The molecule has 3 aliphatic rings. The smallest absolute Gasteiger partial charge is 0.266 e. The van der Waals surface area contributed by atoms with Crippen molar-refractivity contribution in [1.82, 2.24) is 9.78 Å². The van der Waals surface area contributed by atoms with E-state index in [4.69, 9.17) is 0 Å². The lowest BCUT2D eigenvalue weighted by atomic mass is 10.3. The minimum Gasteiger partial charge on any atom is -0.266 e. The van der Waals surface area contributed by atoms with Gasteiger partial charge < -0.3 is 0 Å². The normalized spacial score (nSPS) is 42.6. The van der Waals surface area contributed by atoms with Crippen molar-refractivity contribution in [3.63, 3.8) is 0 Å². The summed E-state index contributed by atoms with van der Waals surface area (Å²) in [5, 5.41) is 14.9. The van der Waals surface area contributed by atoms with Gasteiger partial charge in [-0.05, 0) is 31.1 Å². The molecular weight excluding hydrogens is 164 g/mol. The van der Waals surface area contributed by atoms with E-state index in [0.29, 0.717) is 11.5 Å². The van der Waals surface area contributed by atoms with E-state index in [2.05, 4.69) is 5.10 Å². The first kappa shape index (κ1) is 6.46. The maximum atomic E-state index is 10.9. The average molecular weight is 175 g/mol. The summed E-state index contributed by atoms with van der Waals surface area (Å²) in [4.78, 5) is 0. The first-order valence-corrected chi connectivity index (χ1v) is 4.98. The molecule has 67 valence electrons. The zero-order valence-corrected chi connectivity index (χ0v) is 7.36. The Kier molecular flexibility index (Phi) is 0.752. The van der Waals surface area contributed by atoms with E-state index >= 15 is 0 Å². The van der Waals surface area contributed by atoms with Crippen LogP contribution in [0.3, 0.4) is 0 Å². The highest BCUT2D eigenvalue weighted by Crippen LogP contribution is 2.92. The lowest BCUT2D eigenvalue weighted by Crippen LogP contribution is -1.97. The van der Waals surface area contributed by atoms with Gasteiger partial charge in [0.2, 0.25) is 0 Å². The highest BCUT2D eigenvalue weighted by atomic mass is 16.3. The Balaban J connectivity index is 1.66. The minimum absolute atomic E-state index is 0.0902. The minimum atomic E-state index is -0.0902. The van der Waals surface area contributed by atoms with Crippen LogP contribution in [0.4, 0.5) is 0 Å². The van der Waals surface area contributed by atoms with Crippen LogP contribution in [0.2, 0.25) is 0 Å². The molecule has 3 fully saturated rings. The summed E-state index contributed by atoms with van der Waals surface area (Å²) in [7, 11) is 0. The molecule has 3 nitrogen and oxygen atoms in total. The Morgan fingerprint density at radius 1 is 1.54 bits per heavy atom. The van der Waals surface area contributed by atoms with Crippen LogP contribution >= 0.6 is 0 Å². The summed E-state index contributed by atoms with van der Waals surface area (Å²) in [6.45, 7) is 0. The molecule has 2 atom stereocenters. The molecule has 3 saturated carbocycles. The molecule has 1 aromatic rings. The van der Waals surface area contributed by atoms with Crippen LogP contribution in [0.5, 0.6) is 5.88 Å². The highest BCUT2D eigenvalue weighted by Gasteiger charge is 2.84. The lowest BCUT2D eigenvalue weighted by Gasteiger charge is -1.96. The number of hydrogen-bond donors (Lipinski definition) is 0. The Labute approximate surface area is 76.4 Å². The third kappa shape index (κ3) is 0.587. The van der Waals surface area contributed by atoms with Crippen molar-refractivity contribution >= 4 is 0 Å². The number of aromatic nitrogens is 2. The van der Waals surface area contributed by atoms with E-state index in [9.17, 15) is 5.11 Å².